The van der Waals surface area contributed by atoms with Gasteiger partial charge in [-0.25, -0.2) is 12.8 Å². The lowest BCUT2D eigenvalue weighted by molar-refractivity contribution is -0.376. The summed E-state index contributed by atoms with van der Waals surface area (Å²) >= 11 is 0. The van der Waals surface area contributed by atoms with Gasteiger partial charge in [0.2, 0.25) is 5.91 Å². The van der Waals surface area contributed by atoms with Crippen LogP contribution in [0, 0.1) is 5.82 Å². The molecule has 2 aromatic rings. The molecule has 226 valence electrons. The van der Waals surface area contributed by atoms with Crippen LogP contribution in [0.2, 0.25) is 0 Å². The average Bonchev–Trinajstić information content (AvgIpc) is 2.84. The highest BCUT2D eigenvalue weighted by Crippen LogP contribution is 2.51. The molecule has 0 saturated heterocycles. The quantitative estimate of drug-likeness (QED) is 0.292. The fourth-order valence-corrected chi connectivity index (χ4v) is 5.84. The summed E-state index contributed by atoms with van der Waals surface area (Å²) in [7, 11) is -4.69. The zero-order chi connectivity index (χ0) is 31.2. The van der Waals surface area contributed by atoms with Crippen molar-refractivity contribution in [2.75, 3.05) is 4.31 Å². The molecule has 1 aliphatic rings. The van der Waals surface area contributed by atoms with E-state index in [1.807, 2.05) is 10.9 Å². The van der Waals surface area contributed by atoms with Gasteiger partial charge >= 0.3 is 12.4 Å². The van der Waals surface area contributed by atoms with Crippen LogP contribution in [-0.4, -0.2) is 54.4 Å². The molecule has 4 N–H and O–H groups in total. The van der Waals surface area contributed by atoms with Crippen LogP contribution in [-0.2, 0) is 31.6 Å². The highest BCUT2D eigenvalue weighted by Gasteiger charge is 2.71. The lowest BCUT2D eigenvalue weighted by atomic mass is 9.87. The van der Waals surface area contributed by atoms with Gasteiger partial charge in [-0.05, 0) is 62.6 Å². The maximum atomic E-state index is 13.6. The fourth-order valence-electron chi connectivity index (χ4n) is 4.13. The summed E-state index contributed by atoms with van der Waals surface area (Å²) in [6.07, 6.45) is -13.6. The summed E-state index contributed by atoms with van der Waals surface area (Å²) in [5.41, 5.74) is -5.51. The van der Waals surface area contributed by atoms with Crippen molar-refractivity contribution in [2.45, 2.75) is 67.6 Å². The topological polar surface area (TPSA) is 136 Å². The Bertz CT molecular complexity index is 1410. The van der Waals surface area contributed by atoms with Crippen molar-refractivity contribution in [3.8, 4) is 0 Å². The standard InChI is InChI=1S/C24H24F7N3O6S/c1-21(2,37)20(36)33-32-19(35)12-16-7-3-13-11-14(22(38,23(26,27)28)24(29,30)31)4-10-18(13)34(16)41(39,40)17-8-5-15(25)6-9-17/h4-6,8-11,16,37-38H,3,7,12H2,1-2H3,(H,32,35)(H,33,36)/t16-/m0/s1. The molecule has 0 fully saturated rings. The van der Waals surface area contributed by atoms with Crippen molar-refractivity contribution >= 4 is 27.5 Å². The van der Waals surface area contributed by atoms with Crippen LogP contribution in [0.15, 0.2) is 47.4 Å². The number of fused-ring (bicyclic) bond motifs is 1. The number of anilines is 1. The molecule has 1 atom stereocenters. The summed E-state index contributed by atoms with van der Waals surface area (Å²) in [6.45, 7) is 2.24. The van der Waals surface area contributed by atoms with Crippen molar-refractivity contribution in [1.82, 2.24) is 10.9 Å². The molecule has 17 heteroatoms. The monoisotopic (exact) mass is 615 g/mol. The van der Waals surface area contributed by atoms with E-state index >= 15 is 0 Å². The second-order valence-corrected chi connectivity index (χ2v) is 11.6. The Labute approximate surface area is 229 Å². The van der Waals surface area contributed by atoms with Gasteiger partial charge in [0.1, 0.15) is 11.4 Å². The molecule has 0 bridgehead atoms. The van der Waals surface area contributed by atoms with Gasteiger partial charge in [0.25, 0.3) is 21.5 Å². The minimum absolute atomic E-state index is 0.277. The number of hydrogen-bond donors (Lipinski definition) is 4. The summed E-state index contributed by atoms with van der Waals surface area (Å²) in [6, 6.07) is 3.41. The second-order valence-electron chi connectivity index (χ2n) is 9.76. The molecule has 0 aromatic heterocycles. The highest BCUT2D eigenvalue weighted by molar-refractivity contribution is 7.92. The number of sulfonamides is 1. The third-order valence-corrected chi connectivity index (χ3v) is 8.18. The molecule has 41 heavy (non-hydrogen) atoms. The van der Waals surface area contributed by atoms with Crippen LogP contribution in [0.3, 0.4) is 0 Å². The Kier molecular flexibility index (Phi) is 8.42. The van der Waals surface area contributed by atoms with Crippen molar-refractivity contribution in [2.24, 2.45) is 0 Å². The van der Waals surface area contributed by atoms with Crippen LogP contribution in [0.4, 0.5) is 36.4 Å². The molecular formula is C24H24F7N3O6S. The van der Waals surface area contributed by atoms with E-state index in [0.717, 1.165) is 38.1 Å². The van der Waals surface area contributed by atoms with Crippen molar-refractivity contribution in [3.63, 3.8) is 0 Å². The Morgan fingerprint density at radius 2 is 1.51 bits per heavy atom. The fraction of sp³-hybridized carbons (Fsp3) is 0.417. The summed E-state index contributed by atoms with van der Waals surface area (Å²) in [5, 5.41) is 19.5. The Balaban J connectivity index is 2.08. The first-order valence-electron chi connectivity index (χ1n) is 11.7. The maximum absolute atomic E-state index is 13.6. The molecule has 3 rings (SSSR count). The van der Waals surface area contributed by atoms with Gasteiger partial charge in [-0.1, -0.05) is 12.1 Å². The Morgan fingerprint density at radius 3 is 2.02 bits per heavy atom. The van der Waals surface area contributed by atoms with E-state index in [-0.39, 0.29) is 30.2 Å². The molecule has 0 radical (unpaired) electrons. The molecule has 9 nitrogen and oxygen atoms in total. The minimum atomic E-state index is -6.18. The molecule has 0 saturated carbocycles. The molecule has 0 unspecified atom stereocenters. The molecule has 2 amide bonds. The van der Waals surface area contributed by atoms with Crippen LogP contribution in [0.5, 0.6) is 0 Å². The number of rotatable bonds is 6. The van der Waals surface area contributed by atoms with Crippen molar-refractivity contribution < 1.29 is 59.0 Å². The zero-order valence-corrected chi connectivity index (χ0v) is 22.1. The largest absolute Gasteiger partial charge is 0.430 e. The zero-order valence-electron chi connectivity index (χ0n) is 21.3. The second kappa shape index (κ2) is 10.8. The normalized spacial score (nSPS) is 16.7. The number of aryl methyl sites for hydroxylation is 1. The number of hydrogen-bond acceptors (Lipinski definition) is 6. The molecular weight excluding hydrogens is 591 g/mol. The van der Waals surface area contributed by atoms with Gasteiger partial charge < -0.3 is 10.2 Å². The smallest absolute Gasteiger partial charge is 0.381 e. The number of halogens is 7. The predicted octanol–water partition coefficient (Wildman–Crippen LogP) is 2.96. The van der Waals surface area contributed by atoms with Gasteiger partial charge in [0, 0.05) is 12.0 Å². The first kappa shape index (κ1) is 32.1. The van der Waals surface area contributed by atoms with Crippen LogP contribution in [0.25, 0.3) is 0 Å². The summed E-state index contributed by atoms with van der Waals surface area (Å²) in [5.74, 6) is -2.76. The van der Waals surface area contributed by atoms with E-state index in [1.165, 1.54) is 0 Å². The van der Waals surface area contributed by atoms with Gasteiger partial charge in [-0.15, -0.1) is 0 Å². The third kappa shape index (κ3) is 6.25. The number of amides is 2. The van der Waals surface area contributed by atoms with Crippen LogP contribution >= 0.6 is 0 Å². The van der Waals surface area contributed by atoms with E-state index in [0.29, 0.717) is 16.4 Å². The van der Waals surface area contributed by atoms with Crippen LogP contribution in [0.1, 0.15) is 37.8 Å². The first-order chi connectivity index (χ1) is 18.6. The van der Waals surface area contributed by atoms with E-state index in [2.05, 4.69) is 0 Å². The van der Waals surface area contributed by atoms with E-state index in [9.17, 15) is 59.0 Å². The lowest BCUT2D eigenvalue weighted by Gasteiger charge is -2.39. The van der Waals surface area contributed by atoms with Crippen molar-refractivity contribution in [1.29, 1.82) is 0 Å². The van der Waals surface area contributed by atoms with Crippen molar-refractivity contribution in [3.05, 3.63) is 59.4 Å². The lowest BCUT2D eigenvalue weighted by Crippen LogP contribution is -2.54. The Hall–Kier alpha value is -3.44. The first-order valence-corrected chi connectivity index (χ1v) is 13.2. The SMILES string of the molecule is CC(C)(O)C(=O)NNC(=O)C[C@@H]1CCc2cc(C(O)(C(F)(F)F)C(F)(F)F)ccc2N1S(=O)(=O)c1ccc(F)cc1. The number of hydrazine groups is 1. The van der Waals surface area contributed by atoms with E-state index < -0.39 is 74.1 Å². The third-order valence-electron chi connectivity index (χ3n) is 6.30. The molecule has 2 aromatic carbocycles. The molecule has 0 spiro atoms. The number of alkyl halides is 6. The van der Waals surface area contributed by atoms with E-state index in [1.54, 1.807) is 0 Å². The number of carbonyl (C=O) groups is 2. The van der Waals surface area contributed by atoms with Crippen LogP contribution < -0.4 is 15.2 Å². The predicted molar refractivity (Wildman–Crippen MR) is 128 cm³/mol. The number of nitrogens with one attached hydrogen (secondary N) is 2. The molecule has 0 aliphatic carbocycles. The Morgan fingerprint density at radius 1 is 0.951 bits per heavy atom. The van der Waals surface area contributed by atoms with Gasteiger partial charge in [-0.2, -0.15) is 26.3 Å². The average molecular weight is 616 g/mol. The summed E-state index contributed by atoms with van der Waals surface area (Å²) in [4.78, 5) is 23.9. The highest BCUT2D eigenvalue weighted by atomic mass is 32.2. The number of carbonyl (C=O) groups excluding carboxylic acids is 2. The minimum Gasteiger partial charge on any atom is -0.381 e. The van der Waals surface area contributed by atoms with Gasteiger partial charge in [-0.3, -0.25) is 24.7 Å². The van der Waals surface area contributed by atoms with E-state index in [4.69, 9.17) is 0 Å². The van der Waals surface area contributed by atoms with Gasteiger partial charge in [0.05, 0.1) is 16.6 Å². The number of aliphatic hydroxyl groups is 2. The number of nitrogens with zero attached hydrogens (tertiary/aromatic N) is 1. The summed E-state index contributed by atoms with van der Waals surface area (Å²) < 4.78 is 122. The molecule has 1 aliphatic heterocycles. The van der Waals surface area contributed by atoms with Gasteiger partial charge in [0.15, 0.2) is 0 Å². The number of benzene rings is 2. The molecule has 1 heterocycles. The maximum Gasteiger partial charge on any atom is 0.430 e.